The van der Waals surface area contributed by atoms with Gasteiger partial charge in [0.25, 0.3) is 0 Å². The van der Waals surface area contributed by atoms with Crippen LogP contribution in [0.25, 0.3) is 22.5 Å². The van der Waals surface area contributed by atoms with Crippen LogP contribution in [0.4, 0.5) is 0 Å². The van der Waals surface area contributed by atoms with E-state index in [0.29, 0.717) is 11.5 Å². The molecule has 21 heavy (non-hydrogen) atoms. The summed E-state index contributed by atoms with van der Waals surface area (Å²) in [7, 11) is 0. The van der Waals surface area contributed by atoms with Gasteiger partial charge < -0.3 is 4.42 Å². The van der Waals surface area contributed by atoms with Crippen molar-refractivity contribution in [3.8, 4) is 22.5 Å². The highest BCUT2D eigenvalue weighted by atomic mass is 16.3. The Morgan fingerprint density at radius 2 is 1.57 bits per heavy atom. The van der Waals surface area contributed by atoms with Crippen LogP contribution in [-0.4, -0.2) is 6.29 Å². The predicted molar refractivity (Wildman–Crippen MR) is 84.4 cm³/mol. The van der Waals surface area contributed by atoms with Crippen molar-refractivity contribution >= 4 is 6.29 Å². The molecule has 2 aromatic carbocycles. The lowest BCUT2D eigenvalue weighted by Crippen LogP contribution is -1.84. The summed E-state index contributed by atoms with van der Waals surface area (Å²) in [5, 5.41) is 0. The minimum Gasteiger partial charge on any atom is -0.453 e. The summed E-state index contributed by atoms with van der Waals surface area (Å²) < 4.78 is 5.48. The highest BCUT2D eigenvalue weighted by Crippen LogP contribution is 2.28. The minimum atomic E-state index is 0.349. The first-order valence-electron chi connectivity index (χ1n) is 6.90. The number of hydrogen-bond donors (Lipinski definition) is 0. The van der Waals surface area contributed by atoms with E-state index < -0.39 is 0 Å². The third-order valence-corrected chi connectivity index (χ3v) is 3.73. The highest BCUT2D eigenvalue weighted by Gasteiger charge is 2.06. The van der Waals surface area contributed by atoms with E-state index in [1.54, 1.807) is 6.07 Å². The lowest BCUT2D eigenvalue weighted by molar-refractivity contribution is 0.110. The molecule has 3 rings (SSSR count). The zero-order chi connectivity index (χ0) is 14.8. The Bertz CT molecular complexity index is 797. The summed E-state index contributed by atoms with van der Waals surface area (Å²) >= 11 is 0. The van der Waals surface area contributed by atoms with E-state index in [9.17, 15) is 4.79 Å². The van der Waals surface area contributed by atoms with Gasteiger partial charge in [0, 0.05) is 5.56 Å². The zero-order valence-electron chi connectivity index (χ0n) is 12.1. The van der Waals surface area contributed by atoms with Crippen molar-refractivity contribution in [1.82, 2.24) is 0 Å². The van der Waals surface area contributed by atoms with Crippen LogP contribution in [0.3, 0.4) is 0 Å². The minimum absolute atomic E-state index is 0.349. The van der Waals surface area contributed by atoms with Crippen molar-refractivity contribution in [2.45, 2.75) is 13.8 Å². The molecule has 0 aliphatic rings. The largest absolute Gasteiger partial charge is 0.453 e. The number of benzene rings is 2. The van der Waals surface area contributed by atoms with E-state index in [1.165, 1.54) is 16.7 Å². The fourth-order valence-electron chi connectivity index (χ4n) is 2.34. The van der Waals surface area contributed by atoms with Gasteiger partial charge in [-0.15, -0.1) is 0 Å². The predicted octanol–water partition coefficient (Wildman–Crippen LogP) is 5.04. The van der Waals surface area contributed by atoms with Crippen LogP contribution >= 0.6 is 0 Å². The third-order valence-electron chi connectivity index (χ3n) is 3.73. The summed E-state index contributed by atoms with van der Waals surface area (Å²) in [4.78, 5) is 10.7. The van der Waals surface area contributed by atoms with Gasteiger partial charge in [-0.25, -0.2) is 0 Å². The molecular formula is C19H16O2. The topological polar surface area (TPSA) is 30.2 Å². The molecule has 1 heterocycles. The highest BCUT2D eigenvalue weighted by molar-refractivity contribution is 5.75. The van der Waals surface area contributed by atoms with Gasteiger partial charge in [0.1, 0.15) is 5.76 Å². The SMILES string of the molecule is Cc1ccc(-c2cccc(-c3ccc(C=O)o3)c2)cc1C. The standard InChI is InChI=1S/C19H16O2/c1-13-6-7-16(10-14(13)2)15-4-3-5-17(11-15)19-9-8-18(12-20)21-19/h3-12H,1-2H3. The summed E-state index contributed by atoms with van der Waals surface area (Å²) in [6, 6.07) is 18.1. The van der Waals surface area contributed by atoms with Crippen molar-refractivity contribution in [1.29, 1.82) is 0 Å². The maximum absolute atomic E-state index is 10.7. The molecule has 3 aromatic rings. The molecule has 0 radical (unpaired) electrons. The van der Waals surface area contributed by atoms with E-state index in [1.807, 2.05) is 18.2 Å². The quantitative estimate of drug-likeness (QED) is 0.627. The van der Waals surface area contributed by atoms with Gasteiger partial charge in [-0.3, -0.25) is 4.79 Å². The summed E-state index contributed by atoms with van der Waals surface area (Å²) in [5.41, 5.74) is 5.86. The second kappa shape index (κ2) is 5.41. The van der Waals surface area contributed by atoms with Gasteiger partial charge in [0.2, 0.25) is 0 Å². The average Bonchev–Trinajstić information content (AvgIpc) is 2.99. The Balaban J connectivity index is 2.03. The van der Waals surface area contributed by atoms with Crippen molar-refractivity contribution in [2.24, 2.45) is 0 Å². The lowest BCUT2D eigenvalue weighted by atomic mass is 9.98. The molecule has 0 amide bonds. The van der Waals surface area contributed by atoms with Crippen LogP contribution in [0.5, 0.6) is 0 Å². The molecule has 1 aromatic heterocycles. The van der Waals surface area contributed by atoms with Gasteiger partial charge in [-0.2, -0.15) is 0 Å². The molecule has 0 aliphatic carbocycles. The molecule has 104 valence electrons. The van der Waals surface area contributed by atoms with Crippen molar-refractivity contribution in [3.63, 3.8) is 0 Å². The summed E-state index contributed by atoms with van der Waals surface area (Å²) in [5.74, 6) is 1.06. The first-order valence-corrected chi connectivity index (χ1v) is 6.90. The number of hydrogen-bond acceptors (Lipinski definition) is 2. The third kappa shape index (κ3) is 2.65. The van der Waals surface area contributed by atoms with Gasteiger partial charge in [0.15, 0.2) is 12.0 Å². The fourth-order valence-corrected chi connectivity index (χ4v) is 2.34. The normalized spacial score (nSPS) is 10.6. The molecule has 0 saturated heterocycles. The van der Waals surface area contributed by atoms with Crippen LogP contribution in [0.2, 0.25) is 0 Å². The molecule has 0 aliphatic heterocycles. The van der Waals surface area contributed by atoms with Crippen LogP contribution < -0.4 is 0 Å². The van der Waals surface area contributed by atoms with Gasteiger partial charge in [-0.1, -0.05) is 36.4 Å². The maximum Gasteiger partial charge on any atom is 0.185 e. The Kier molecular flexibility index (Phi) is 3.44. The second-order valence-electron chi connectivity index (χ2n) is 5.20. The summed E-state index contributed by atoms with van der Waals surface area (Å²) in [6.07, 6.45) is 0.719. The van der Waals surface area contributed by atoms with Crippen molar-refractivity contribution in [3.05, 3.63) is 71.5 Å². The number of aldehydes is 1. The smallest absolute Gasteiger partial charge is 0.185 e. The van der Waals surface area contributed by atoms with Gasteiger partial charge in [0.05, 0.1) is 0 Å². The first kappa shape index (κ1) is 13.4. The van der Waals surface area contributed by atoms with Crippen molar-refractivity contribution < 1.29 is 9.21 Å². The van der Waals surface area contributed by atoms with E-state index in [-0.39, 0.29) is 0 Å². The molecule has 2 heteroatoms. The molecule has 0 fully saturated rings. The lowest BCUT2D eigenvalue weighted by Gasteiger charge is -2.07. The molecule has 0 unspecified atom stereocenters. The van der Waals surface area contributed by atoms with Crippen molar-refractivity contribution in [2.75, 3.05) is 0 Å². The second-order valence-corrected chi connectivity index (χ2v) is 5.20. The number of furan rings is 1. The fraction of sp³-hybridized carbons (Fsp3) is 0.105. The van der Waals surface area contributed by atoms with Crippen LogP contribution in [0.15, 0.2) is 59.0 Å². The van der Waals surface area contributed by atoms with Gasteiger partial charge >= 0.3 is 0 Å². The first-order chi connectivity index (χ1) is 10.2. The monoisotopic (exact) mass is 276 g/mol. The van der Waals surface area contributed by atoms with Crippen LogP contribution in [-0.2, 0) is 0 Å². The average molecular weight is 276 g/mol. The molecular weight excluding hydrogens is 260 g/mol. The summed E-state index contributed by atoms with van der Waals surface area (Å²) in [6.45, 7) is 4.23. The molecule has 2 nitrogen and oxygen atoms in total. The Morgan fingerprint density at radius 1 is 0.810 bits per heavy atom. The number of rotatable bonds is 3. The van der Waals surface area contributed by atoms with Crippen LogP contribution in [0, 0.1) is 13.8 Å². The number of carbonyl (C=O) groups is 1. The van der Waals surface area contributed by atoms with E-state index in [2.05, 4.69) is 44.2 Å². The Labute approximate surface area is 124 Å². The number of aryl methyl sites for hydroxylation is 2. The zero-order valence-corrected chi connectivity index (χ0v) is 12.1. The van der Waals surface area contributed by atoms with E-state index in [0.717, 1.165) is 17.4 Å². The van der Waals surface area contributed by atoms with E-state index >= 15 is 0 Å². The maximum atomic E-state index is 10.7. The van der Waals surface area contributed by atoms with Crippen LogP contribution in [0.1, 0.15) is 21.7 Å². The van der Waals surface area contributed by atoms with E-state index in [4.69, 9.17) is 4.42 Å². The molecule has 0 spiro atoms. The molecule has 0 bridgehead atoms. The molecule has 0 saturated carbocycles. The number of carbonyl (C=O) groups excluding carboxylic acids is 1. The Hall–Kier alpha value is -2.61. The molecule has 0 N–H and O–H groups in total. The van der Waals surface area contributed by atoms with Gasteiger partial charge in [-0.05, 0) is 54.3 Å². The molecule has 0 atom stereocenters. The Morgan fingerprint density at radius 3 is 2.29 bits per heavy atom.